The highest BCUT2D eigenvalue weighted by Crippen LogP contribution is 2.51. The van der Waals surface area contributed by atoms with Crippen LogP contribution in [0.2, 0.25) is 0 Å². The van der Waals surface area contributed by atoms with Gasteiger partial charge >= 0.3 is 13.6 Å². The van der Waals surface area contributed by atoms with Crippen LogP contribution in [0.3, 0.4) is 0 Å². The number of carbonyl (C=O) groups is 1. The highest BCUT2D eigenvalue weighted by Gasteiger charge is 2.29. The first-order chi connectivity index (χ1) is 10.4. The molecule has 0 spiro atoms. The third kappa shape index (κ3) is 4.68. The number of ether oxygens (including phenoxy) is 2. The van der Waals surface area contributed by atoms with Gasteiger partial charge in [0, 0.05) is 21.1 Å². The lowest BCUT2D eigenvalue weighted by Crippen LogP contribution is -2.06. The second kappa shape index (κ2) is 8.10. The molecule has 1 N–H and O–H groups in total. The van der Waals surface area contributed by atoms with E-state index in [1.54, 1.807) is 18.2 Å². The zero-order valence-corrected chi connectivity index (χ0v) is 13.7. The molecular formula is C14H19O7P. The Morgan fingerprint density at radius 3 is 2.36 bits per heavy atom. The Morgan fingerprint density at radius 1 is 1.23 bits per heavy atom. The summed E-state index contributed by atoms with van der Waals surface area (Å²) in [5.41, 5.74) is 0.644. The zero-order chi connectivity index (χ0) is 16.8. The van der Waals surface area contributed by atoms with Gasteiger partial charge in [-0.1, -0.05) is 12.1 Å². The van der Waals surface area contributed by atoms with Crippen LogP contribution in [0.1, 0.15) is 12.5 Å². The van der Waals surface area contributed by atoms with Crippen LogP contribution in [0.5, 0.6) is 11.5 Å². The molecule has 1 aromatic carbocycles. The lowest BCUT2D eigenvalue weighted by Gasteiger charge is -2.16. The maximum atomic E-state index is 11.9. The largest absolute Gasteiger partial charge is 0.493 e. The minimum atomic E-state index is -3.59. The third-order valence-corrected chi connectivity index (χ3v) is 4.57. The molecule has 0 fully saturated rings. The van der Waals surface area contributed by atoms with E-state index in [0.717, 1.165) is 0 Å². The Morgan fingerprint density at radius 2 is 1.86 bits per heavy atom. The number of carbonyl (C=O) groups excluding carboxylic acids is 1. The summed E-state index contributed by atoms with van der Waals surface area (Å²) in [6.07, 6.45) is 2.81. The van der Waals surface area contributed by atoms with Crippen LogP contribution >= 0.6 is 7.60 Å². The zero-order valence-electron chi connectivity index (χ0n) is 12.8. The van der Waals surface area contributed by atoms with E-state index in [-0.39, 0.29) is 5.75 Å². The Kier molecular flexibility index (Phi) is 6.77. The predicted molar refractivity (Wildman–Crippen MR) is 81.0 cm³/mol. The topological polar surface area (TPSA) is 91.3 Å². The number of aliphatic hydroxyl groups is 1. The summed E-state index contributed by atoms with van der Waals surface area (Å²) in [6, 6.07) is 4.80. The highest BCUT2D eigenvalue weighted by atomic mass is 31.2. The molecular weight excluding hydrogens is 311 g/mol. The average Bonchev–Trinajstić information content (AvgIpc) is 2.52. The van der Waals surface area contributed by atoms with E-state index < -0.39 is 19.4 Å². The molecule has 7 nitrogen and oxygen atoms in total. The standard InChI is InChI=1S/C14H19O7P/c1-10(15)21-12-7-5-11(9-13(12)18-2)6-8-14(16)22(17,19-3)20-4/h5-9,14,16H,1-4H3/b8-6+. The lowest BCUT2D eigenvalue weighted by molar-refractivity contribution is -0.132. The molecule has 0 bridgehead atoms. The Balaban J connectivity index is 2.97. The fraction of sp³-hybridized carbons (Fsp3) is 0.357. The molecule has 0 aliphatic rings. The number of benzene rings is 1. The first kappa shape index (κ1) is 18.4. The summed E-state index contributed by atoms with van der Waals surface area (Å²) < 4.78 is 31.4. The van der Waals surface area contributed by atoms with Gasteiger partial charge in [-0.25, -0.2) is 0 Å². The first-order valence-electron chi connectivity index (χ1n) is 6.30. The lowest BCUT2D eigenvalue weighted by atomic mass is 10.2. The molecule has 0 radical (unpaired) electrons. The predicted octanol–water partition coefficient (Wildman–Crippen LogP) is 2.44. The molecule has 1 unspecified atom stereocenters. The SMILES string of the molecule is COc1cc(/C=C/C(O)P(=O)(OC)OC)ccc1OC(C)=O. The molecule has 0 aliphatic heterocycles. The van der Waals surface area contributed by atoms with Crippen LogP contribution in [0, 0.1) is 0 Å². The fourth-order valence-electron chi connectivity index (χ4n) is 1.62. The summed E-state index contributed by atoms with van der Waals surface area (Å²) in [5.74, 6) is -1.22. The molecule has 122 valence electrons. The van der Waals surface area contributed by atoms with Crippen molar-refractivity contribution in [2.75, 3.05) is 21.3 Å². The third-order valence-electron chi connectivity index (χ3n) is 2.74. The molecule has 0 saturated heterocycles. The van der Waals surface area contributed by atoms with E-state index in [2.05, 4.69) is 0 Å². The number of methoxy groups -OCH3 is 1. The van der Waals surface area contributed by atoms with Gasteiger partial charge in [0.05, 0.1) is 7.11 Å². The van der Waals surface area contributed by atoms with Crippen molar-refractivity contribution in [3.63, 3.8) is 0 Å². The molecule has 1 rings (SSSR count). The van der Waals surface area contributed by atoms with Crippen molar-refractivity contribution < 1.29 is 33.0 Å². The Bertz CT molecular complexity index is 589. The van der Waals surface area contributed by atoms with Gasteiger partial charge < -0.3 is 23.6 Å². The Hall–Kier alpha value is -1.66. The van der Waals surface area contributed by atoms with Crippen LogP contribution in [-0.2, 0) is 18.4 Å². The maximum Gasteiger partial charge on any atom is 0.362 e. The highest BCUT2D eigenvalue weighted by molar-refractivity contribution is 7.54. The second-order valence-electron chi connectivity index (χ2n) is 4.18. The van der Waals surface area contributed by atoms with Gasteiger partial charge in [-0.3, -0.25) is 9.36 Å². The van der Waals surface area contributed by atoms with Crippen molar-refractivity contribution in [2.24, 2.45) is 0 Å². The monoisotopic (exact) mass is 330 g/mol. The number of esters is 1. The van der Waals surface area contributed by atoms with Crippen molar-refractivity contribution in [3.8, 4) is 11.5 Å². The minimum absolute atomic E-state index is 0.284. The number of aliphatic hydroxyl groups excluding tert-OH is 1. The number of hydrogen-bond acceptors (Lipinski definition) is 7. The van der Waals surface area contributed by atoms with Crippen molar-refractivity contribution in [1.82, 2.24) is 0 Å². The van der Waals surface area contributed by atoms with E-state index in [0.29, 0.717) is 11.3 Å². The van der Waals surface area contributed by atoms with Crippen LogP contribution in [0.25, 0.3) is 6.08 Å². The molecule has 0 saturated carbocycles. The molecule has 1 aromatic rings. The van der Waals surface area contributed by atoms with Crippen LogP contribution in [0.15, 0.2) is 24.3 Å². The fourth-order valence-corrected chi connectivity index (χ4v) is 2.50. The van der Waals surface area contributed by atoms with E-state index in [1.807, 2.05) is 0 Å². The van der Waals surface area contributed by atoms with Crippen LogP contribution in [-0.4, -0.2) is 38.3 Å². The average molecular weight is 330 g/mol. The van der Waals surface area contributed by atoms with Gasteiger partial charge in [-0.2, -0.15) is 0 Å². The van der Waals surface area contributed by atoms with Crippen molar-refractivity contribution in [2.45, 2.75) is 12.8 Å². The quantitative estimate of drug-likeness (QED) is 0.466. The van der Waals surface area contributed by atoms with Gasteiger partial charge in [0.1, 0.15) is 0 Å². The van der Waals surface area contributed by atoms with Crippen molar-refractivity contribution in [1.29, 1.82) is 0 Å². The Labute approximate surface area is 129 Å². The van der Waals surface area contributed by atoms with E-state index in [1.165, 1.54) is 40.4 Å². The van der Waals surface area contributed by atoms with Crippen molar-refractivity contribution in [3.05, 3.63) is 29.8 Å². The summed E-state index contributed by atoms with van der Waals surface area (Å²) in [6.45, 7) is 1.29. The molecule has 22 heavy (non-hydrogen) atoms. The van der Waals surface area contributed by atoms with Gasteiger partial charge in [0.2, 0.25) is 0 Å². The molecule has 0 amide bonds. The normalized spacial score (nSPS) is 13.1. The molecule has 0 aromatic heterocycles. The van der Waals surface area contributed by atoms with Crippen molar-refractivity contribution >= 4 is 19.6 Å². The molecule has 1 atom stereocenters. The minimum Gasteiger partial charge on any atom is -0.493 e. The summed E-state index contributed by atoms with van der Waals surface area (Å²) in [5, 5.41) is 9.83. The van der Waals surface area contributed by atoms with E-state index in [9.17, 15) is 14.5 Å². The molecule has 0 heterocycles. The summed E-state index contributed by atoms with van der Waals surface area (Å²) in [4.78, 5) is 11.0. The molecule has 0 aliphatic carbocycles. The second-order valence-corrected chi connectivity index (χ2v) is 6.52. The smallest absolute Gasteiger partial charge is 0.362 e. The van der Waals surface area contributed by atoms with Crippen LogP contribution < -0.4 is 9.47 Å². The first-order valence-corrected chi connectivity index (χ1v) is 7.91. The number of rotatable bonds is 7. The van der Waals surface area contributed by atoms with Gasteiger partial charge in [-0.05, 0) is 23.8 Å². The van der Waals surface area contributed by atoms with Gasteiger partial charge in [0.25, 0.3) is 0 Å². The number of hydrogen-bond donors (Lipinski definition) is 1. The van der Waals surface area contributed by atoms with Crippen LogP contribution in [0.4, 0.5) is 0 Å². The van der Waals surface area contributed by atoms with Gasteiger partial charge in [-0.15, -0.1) is 0 Å². The summed E-state index contributed by atoms with van der Waals surface area (Å²) >= 11 is 0. The van der Waals surface area contributed by atoms with Gasteiger partial charge in [0.15, 0.2) is 17.3 Å². The van der Waals surface area contributed by atoms with E-state index in [4.69, 9.17) is 18.5 Å². The summed E-state index contributed by atoms with van der Waals surface area (Å²) in [7, 11) is 0.236. The van der Waals surface area contributed by atoms with E-state index >= 15 is 0 Å². The maximum absolute atomic E-state index is 11.9. The molecule has 8 heteroatoms.